The van der Waals surface area contributed by atoms with Crippen LogP contribution in [0, 0.1) is 11.8 Å². The van der Waals surface area contributed by atoms with Crippen molar-refractivity contribution in [3.05, 3.63) is 40.4 Å². The van der Waals surface area contributed by atoms with E-state index in [9.17, 15) is 9.59 Å². The zero-order valence-corrected chi connectivity index (χ0v) is 8.98. The van der Waals surface area contributed by atoms with Crippen molar-refractivity contribution in [3.8, 4) is 11.8 Å². The van der Waals surface area contributed by atoms with E-state index in [1.54, 1.807) is 18.2 Å². The Morgan fingerprint density at radius 3 is 3.06 bits per heavy atom. The molecule has 17 heavy (non-hydrogen) atoms. The first-order valence-electron chi connectivity index (χ1n) is 4.78. The van der Waals surface area contributed by atoms with Gasteiger partial charge in [-0.2, -0.15) is 0 Å². The SMILES string of the molecule is COC(=O)C#Cc1ccc2nc[nH]c(=O)c2c1. The lowest BCUT2D eigenvalue weighted by atomic mass is 10.1. The van der Waals surface area contributed by atoms with Crippen molar-refractivity contribution >= 4 is 16.9 Å². The molecular formula is C12H8N2O3. The minimum atomic E-state index is -0.620. The van der Waals surface area contributed by atoms with Gasteiger partial charge in [0.2, 0.25) is 0 Å². The van der Waals surface area contributed by atoms with Gasteiger partial charge in [-0.15, -0.1) is 0 Å². The van der Waals surface area contributed by atoms with Gasteiger partial charge in [-0.05, 0) is 18.2 Å². The Balaban J connectivity index is 2.50. The summed E-state index contributed by atoms with van der Waals surface area (Å²) in [5.74, 6) is 4.28. The molecule has 0 aliphatic heterocycles. The van der Waals surface area contributed by atoms with Crippen LogP contribution in [-0.4, -0.2) is 23.0 Å². The number of hydrogen-bond donors (Lipinski definition) is 1. The first-order chi connectivity index (χ1) is 8.20. The van der Waals surface area contributed by atoms with E-state index in [4.69, 9.17) is 0 Å². The van der Waals surface area contributed by atoms with Crippen molar-refractivity contribution in [1.29, 1.82) is 0 Å². The predicted molar refractivity (Wildman–Crippen MR) is 61.3 cm³/mol. The molecular weight excluding hydrogens is 220 g/mol. The second kappa shape index (κ2) is 4.49. The van der Waals surface area contributed by atoms with Crippen molar-refractivity contribution in [2.24, 2.45) is 0 Å². The van der Waals surface area contributed by atoms with Crippen LogP contribution in [0.3, 0.4) is 0 Å². The van der Waals surface area contributed by atoms with E-state index in [1.165, 1.54) is 13.4 Å². The maximum atomic E-state index is 11.5. The van der Waals surface area contributed by atoms with Crippen molar-refractivity contribution in [3.63, 3.8) is 0 Å². The molecule has 0 aliphatic rings. The largest absolute Gasteiger partial charge is 0.459 e. The molecule has 0 fully saturated rings. The van der Waals surface area contributed by atoms with Crippen molar-refractivity contribution in [2.45, 2.75) is 0 Å². The average molecular weight is 228 g/mol. The van der Waals surface area contributed by atoms with E-state index >= 15 is 0 Å². The highest BCUT2D eigenvalue weighted by molar-refractivity contribution is 5.89. The Labute approximate surface area is 96.4 Å². The van der Waals surface area contributed by atoms with Gasteiger partial charge >= 0.3 is 5.97 Å². The number of ether oxygens (including phenoxy) is 1. The Morgan fingerprint density at radius 1 is 1.47 bits per heavy atom. The highest BCUT2D eigenvalue weighted by atomic mass is 16.5. The molecule has 1 N–H and O–H groups in total. The van der Waals surface area contributed by atoms with E-state index in [1.807, 2.05) is 0 Å². The number of nitrogens with zero attached hydrogens (tertiary/aromatic N) is 1. The Kier molecular flexibility index (Phi) is 2.88. The molecule has 0 radical (unpaired) electrons. The summed E-state index contributed by atoms with van der Waals surface area (Å²) in [6, 6.07) is 4.94. The summed E-state index contributed by atoms with van der Waals surface area (Å²) >= 11 is 0. The van der Waals surface area contributed by atoms with Crippen molar-refractivity contribution < 1.29 is 9.53 Å². The smallest absolute Gasteiger partial charge is 0.384 e. The van der Waals surface area contributed by atoms with E-state index in [-0.39, 0.29) is 5.56 Å². The van der Waals surface area contributed by atoms with Crippen molar-refractivity contribution in [1.82, 2.24) is 9.97 Å². The number of carbonyl (C=O) groups excluding carboxylic acids is 1. The predicted octanol–water partition coefficient (Wildman–Crippen LogP) is 0.448. The lowest BCUT2D eigenvalue weighted by Gasteiger charge is -1.95. The van der Waals surface area contributed by atoms with Crippen molar-refractivity contribution in [2.75, 3.05) is 7.11 Å². The number of hydrogen-bond acceptors (Lipinski definition) is 4. The number of aromatic nitrogens is 2. The molecule has 2 aromatic rings. The average Bonchev–Trinajstić information content (AvgIpc) is 2.36. The fourth-order valence-electron chi connectivity index (χ4n) is 1.32. The molecule has 1 heterocycles. The number of methoxy groups -OCH3 is 1. The lowest BCUT2D eigenvalue weighted by Crippen LogP contribution is -2.06. The van der Waals surface area contributed by atoms with Crippen LogP contribution in [0.5, 0.6) is 0 Å². The second-order valence-electron chi connectivity index (χ2n) is 3.21. The summed E-state index contributed by atoms with van der Waals surface area (Å²) in [4.78, 5) is 28.8. The van der Waals surface area contributed by atoms with Gasteiger partial charge in [-0.3, -0.25) is 4.79 Å². The van der Waals surface area contributed by atoms with Crippen LogP contribution >= 0.6 is 0 Å². The summed E-state index contributed by atoms with van der Waals surface area (Å²) in [5, 5.41) is 0.434. The number of fused-ring (bicyclic) bond motifs is 1. The van der Waals surface area contributed by atoms with Crippen LogP contribution in [-0.2, 0) is 9.53 Å². The number of nitrogens with one attached hydrogen (secondary N) is 1. The molecule has 84 valence electrons. The normalized spacial score (nSPS) is 9.47. The minimum Gasteiger partial charge on any atom is -0.459 e. The number of aromatic amines is 1. The number of esters is 1. The number of H-pyrrole nitrogens is 1. The highest BCUT2D eigenvalue weighted by Crippen LogP contribution is 2.08. The monoisotopic (exact) mass is 228 g/mol. The van der Waals surface area contributed by atoms with Gasteiger partial charge in [0.15, 0.2) is 0 Å². The first-order valence-corrected chi connectivity index (χ1v) is 4.78. The Morgan fingerprint density at radius 2 is 2.29 bits per heavy atom. The van der Waals surface area contributed by atoms with Gasteiger partial charge in [0.05, 0.1) is 24.3 Å². The van der Waals surface area contributed by atoms with Crippen LogP contribution in [0.25, 0.3) is 10.9 Å². The van der Waals surface area contributed by atoms with Gasteiger partial charge in [-0.25, -0.2) is 9.78 Å². The molecule has 0 atom stereocenters. The number of rotatable bonds is 0. The molecule has 0 unspecified atom stereocenters. The van der Waals surface area contributed by atoms with E-state index in [0.717, 1.165) is 0 Å². The molecule has 1 aromatic heterocycles. The van der Waals surface area contributed by atoms with E-state index < -0.39 is 5.97 Å². The lowest BCUT2D eigenvalue weighted by molar-refractivity contribution is -0.133. The standard InChI is InChI=1S/C12H8N2O3/c1-17-11(15)5-3-8-2-4-10-9(6-8)12(16)14-7-13-10/h2,4,6-7H,1H3,(H,13,14,16). The summed E-state index contributed by atoms with van der Waals surface area (Å²) in [6.45, 7) is 0. The van der Waals surface area contributed by atoms with Gasteiger partial charge in [0.1, 0.15) is 0 Å². The zero-order chi connectivity index (χ0) is 12.3. The summed E-state index contributed by atoms with van der Waals surface area (Å²) < 4.78 is 4.39. The zero-order valence-electron chi connectivity index (χ0n) is 8.98. The maximum absolute atomic E-state index is 11.5. The van der Waals surface area contributed by atoms with Crippen LogP contribution in [0.4, 0.5) is 0 Å². The quantitative estimate of drug-likeness (QED) is 0.525. The number of carbonyl (C=O) groups is 1. The molecule has 0 amide bonds. The molecule has 5 nitrogen and oxygen atoms in total. The van der Waals surface area contributed by atoms with E-state index in [2.05, 4.69) is 26.5 Å². The molecule has 0 saturated carbocycles. The van der Waals surface area contributed by atoms with Gasteiger partial charge in [-0.1, -0.05) is 5.92 Å². The maximum Gasteiger partial charge on any atom is 0.384 e. The Bertz CT molecular complexity index is 692. The third-order valence-corrected chi connectivity index (χ3v) is 2.13. The van der Waals surface area contributed by atoms with Gasteiger partial charge < -0.3 is 9.72 Å². The van der Waals surface area contributed by atoms with Crippen LogP contribution in [0.2, 0.25) is 0 Å². The Hall–Kier alpha value is -2.61. The molecule has 5 heteroatoms. The third kappa shape index (κ3) is 2.32. The second-order valence-corrected chi connectivity index (χ2v) is 3.21. The van der Waals surface area contributed by atoms with Gasteiger partial charge in [0, 0.05) is 11.5 Å². The third-order valence-electron chi connectivity index (χ3n) is 2.13. The van der Waals surface area contributed by atoms with Gasteiger partial charge in [0.25, 0.3) is 5.56 Å². The summed E-state index contributed by atoms with van der Waals surface area (Å²) in [7, 11) is 1.26. The fraction of sp³-hybridized carbons (Fsp3) is 0.0833. The molecule has 0 spiro atoms. The molecule has 2 rings (SSSR count). The molecule has 0 bridgehead atoms. The first kappa shape index (κ1) is 10.9. The minimum absolute atomic E-state index is 0.239. The van der Waals surface area contributed by atoms with Crippen LogP contribution < -0.4 is 5.56 Å². The summed E-state index contributed by atoms with van der Waals surface area (Å²) in [6.07, 6.45) is 1.34. The van der Waals surface area contributed by atoms with E-state index in [0.29, 0.717) is 16.5 Å². The highest BCUT2D eigenvalue weighted by Gasteiger charge is 1.99. The summed E-state index contributed by atoms with van der Waals surface area (Å²) in [5.41, 5.74) is 0.899. The number of benzene rings is 1. The molecule has 1 aromatic carbocycles. The topological polar surface area (TPSA) is 72.0 Å². The van der Waals surface area contributed by atoms with Crippen LogP contribution in [0.15, 0.2) is 29.3 Å². The fourth-order valence-corrected chi connectivity index (χ4v) is 1.32. The van der Waals surface area contributed by atoms with Crippen LogP contribution in [0.1, 0.15) is 5.56 Å². The molecule has 0 saturated heterocycles. The molecule has 0 aliphatic carbocycles.